The molecule has 0 aliphatic rings. The highest BCUT2D eigenvalue weighted by atomic mass is 19.4. The number of pyridine rings is 1. The van der Waals surface area contributed by atoms with E-state index < -0.39 is 11.7 Å². The zero-order valence-electron chi connectivity index (χ0n) is 11.4. The van der Waals surface area contributed by atoms with Crippen molar-refractivity contribution in [2.75, 3.05) is 18.4 Å². The second-order valence-electron chi connectivity index (χ2n) is 4.46. The molecule has 1 amide bonds. The molecule has 0 aliphatic heterocycles. The fraction of sp³-hybridized carbons (Fsp3) is 0.538. The summed E-state index contributed by atoms with van der Waals surface area (Å²) < 4.78 is 36.9. The Morgan fingerprint density at radius 3 is 2.55 bits per heavy atom. The maximum absolute atomic E-state index is 12.3. The van der Waals surface area contributed by atoms with Gasteiger partial charge in [0, 0.05) is 25.2 Å². The molecule has 0 radical (unpaired) electrons. The molecule has 7 heteroatoms. The molecule has 0 unspecified atom stereocenters. The number of nitrogens with one attached hydrogen (secondary N) is 2. The van der Waals surface area contributed by atoms with Crippen LogP contribution in [0.2, 0.25) is 0 Å². The van der Waals surface area contributed by atoms with E-state index in [0.717, 1.165) is 18.7 Å². The number of hydrogen-bond acceptors (Lipinski definition) is 3. The number of halogens is 3. The van der Waals surface area contributed by atoms with Crippen molar-refractivity contribution in [2.45, 2.75) is 26.4 Å². The summed E-state index contributed by atoms with van der Waals surface area (Å²) in [7, 11) is 0. The van der Waals surface area contributed by atoms with Crippen LogP contribution in [0, 0.1) is 5.92 Å². The first kappa shape index (κ1) is 16.3. The van der Waals surface area contributed by atoms with Crippen LogP contribution in [0.3, 0.4) is 0 Å². The number of amides is 1. The molecule has 1 aromatic rings. The Bertz CT molecular complexity index is 431. The van der Waals surface area contributed by atoms with Crippen LogP contribution in [-0.2, 0) is 11.0 Å². The van der Waals surface area contributed by atoms with Crippen molar-refractivity contribution in [1.82, 2.24) is 10.3 Å². The number of aromatic nitrogens is 1. The van der Waals surface area contributed by atoms with Crippen LogP contribution in [0.5, 0.6) is 0 Å². The van der Waals surface area contributed by atoms with E-state index in [1.807, 2.05) is 13.8 Å². The van der Waals surface area contributed by atoms with Crippen molar-refractivity contribution in [1.29, 1.82) is 0 Å². The lowest BCUT2D eigenvalue weighted by Gasteiger charge is -2.11. The Morgan fingerprint density at radius 1 is 1.35 bits per heavy atom. The van der Waals surface area contributed by atoms with Crippen LogP contribution in [0.4, 0.5) is 19.0 Å². The van der Waals surface area contributed by atoms with Gasteiger partial charge in [0.05, 0.1) is 5.56 Å². The average Bonchev–Trinajstić information content (AvgIpc) is 2.42. The third-order valence-corrected chi connectivity index (χ3v) is 2.88. The van der Waals surface area contributed by atoms with Crippen molar-refractivity contribution < 1.29 is 18.0 Å². The molecule has 0 bridgehead atoms. The number of rotatable bonds is 6. The smallest absolute Gasteiger partial charge is 0.368 e. The van der Waals surface area contributed by atoms with Gasteiger partial charge in [-0.05, 0) is 18.6 Å². The summed E-state index contributed by atoms with van der Waals surface area (Å²) in [6, 6.07) is 2.23. The van der Waals surface area contributed by atoms with E-state index in [1.54, 1.807) is 0 Å². The van der Waals surface area contributed by atoms with Gasteiger partial charge in [0.1, 0.15) is 5.82 Å². The molecule has 20 heavy (non-hydrogen) atoms. The Labute approximate surface area is 115 Å². The van der Waals surface area contributed by atoms with Crippen LogP contribution in [0.15, 0.2) is 18.3 Å². The van der Waals surface area contributed by atoms with Gasteiger partial charge in [-0.15, -0.1) is 0 Å². The normalized spacial score (nSPS) is 12.8. The highest BCUT2D eigenvalue weighted by molar-refractivity contribution is 5.78. The van der Waals surface area contributed by atoms with E-state index in [1.165, 1.54) is 6.07 Å². The van der Waals surface area contributed by atoms with E-state index in [4.69, 9.17) is 0 Å². The number of anilines is 1. The number of carbonyl (C=O) groups is 1. The predicted octanol–water partition coefficient (Wildman–Crippen LogP) is 2.67. The summed E-state index contributed by atoms with van der Waals surface area (Å²) in [5, 5.41) is 5.57. The second kappa shape index (κ2) is 7.12. The third kappa shape index (κ3) is 5.07. The molecule has 0 aliphatic carbocycles. The summed E-state index contributed by atoms with van der Waals surface area (Å²) >= 11 is 0. The van der Waals surface area contributed by atoms with Crippen molar-refractivity contribution in [2.24, 2.45) is 5.92 Å². The first-order chi connectivity index (χ1) is 9.34. The molecule has 2 N–H and O–H groups in total. The van der Waals surface area contributed by atoms with Gasteiger partial charge in [0.15, 0.2) is 0 Å². The summed E-state index contributed by atoms with van der Waals surface area (Å²) in [4.78, 5) is 15.1. The first-order valence-electron chi connectivity index (χ1n) is 6.39. The lowest BCUT2D eigenvalue weighted by molar-refractivity contribution is -0.137. The van der Waals surface area contributed by atoms with Gasteiger partial charge in [0.25, 0.3) is 0 Å². The Kier molecular flexibility index (Phi) is 5.79. The molecule has 1 heterocycles. The van der Waals surface area contributed by atoms with Gasteiger partial charge in [0.2, 0.25) is 5.91 Å². The average molecular weight is 289 g/mol. The van der Waals surface area contributed by atoms with Crippen LogP contribution in [0.1, 0.15) is 25.8 Å². The number of carbonyl (C=O) groups excluding carboxylic acids is 1. The summed E-state index contributed by atoms with van der Waals surface area (Å²) in [5.41, 5.74) is -0.784. The highest BCUT2D eigenvalue weighted by Gasteiger charge is 2.30. The molecule has 0 spiro atoms. The fourth-order valence-corrected chi connectivity index (χ4v) is 1.40. The molecular formula is C13H18F3N3O. The fourth-order valence-electron chi connectivity index (χ4n) is 1.40. The summed E-state index contributed by atoms with van der Waals surface area (Å²) in [5.74, 6) is 0.268. The van der Waals surface area contributed by atoms with Crippen LogP contribution < -0.4 is 10.6 Å². The quantitative estimate of drug-likeness (QED) is 0.792. The van der Waals surface area contributed by atoms with Crippen LogP contribution in [-0.4, -0.2) is 24.0 Å². The van der Waals surface area contributed by atoms with Gasteiger partial charge in [-0.25, -0.2) is 4.98 Å². The summed E-state index contributed by atoms with van der Waals surface area (Å²) in [6.45, 7) is 4.56. The second-order valence-corrected chi connectivity index (χ2v) is 4.46. The van der Waals surface area contributed by atoms with Gasteiger partial charge >= 0.3 is 6.18 Å². The van der Waals surface area contributed by atoms with Crippen molar-refractivity contribution in [3.63, 3.8) is 0 Å². The largest absolute Gasteiger partial charge is 0.417 e. The van der Waals surface area contributed by atoms with Crippen LogP contribution >= 0.6 is 0 Å². The standard InChI is InChI=1S/C13H18F3N3O/c1-3-9(2)12(20)18-7-6-17-11-5-4-10(8-19-11)13(14,15)16/h4-5,8-9H,3,6-7H2,1-2H3,(H,17,19)(H,18,20)/t9-/m0/s1. The molecule has 1 rings (SSSR count). The van der Waals surface area contributed by atoms with E-state index in [0.29, 0.717) is 18.9 Å². The molecule has 1 atom stereocenters. The predicted molar refractivity (Wildman–Crippen MR) is 70.2 cm³/mol. The van der Waals surface area contributed by atoms with Gasteiger partial charge in [-0.3, -0.25) is 4.79 Å². The number of hydrogen-bond donors (Lipinski definition) is 2. The third-order valence-electron chi connectivity index (χ3n) is 2.88. The first-order valence-corrected chi connectivity index (χ1v) is 6.39. The SMILES string of the molecule is CC[C@H](C)C(=O)NCCNc1ccc(C(F)(F)F)cn1. The van der Waals surface area contributed by atoms with Crippen LogP contribution in [0.25, 0.3) is 0 Å². The Balaban J connectivity index is 2.34. The molecule has 0 aromatic carbocycles. The lowest BCUT2D eigenvalue weighted by atomic mass is 10.1. The van der Waals surface area contributed by atoms with Crippen molar-refractivity contribution in [3.05, 3.63) is 23.9 Å². The molecular weight excluding hydrogens is 271 g/mol. The summed E-state index contributed by atoms with van der Waals surface area (Å²) in [6.07, 6.45) is -2.84. The molecule has 112 valence electrons. The van der Waals surface area contributed by atoms with Gasteiger partial charge < -0.3 is 10.6 Å². The van der Waals surface area contributed by atoms with Gasteiger partial charge in [-0.1, -0.05) is 13.8 Å². The minimum absolute atomic E-state index is 0.0327. The van der Waals surface area contributed by atoms with E-state index in [-0.39, 0.29) is 11.8 Å². The maximum atomic E-state index is 12.3. The Morgan fingerprint density at radius 2 is 2.05 bits per heavy atom. The number of alkyl halides is 3. The van der Waals surface area contributed by atoms with Crippen molar-refractivity contribution >= 4 is 11.7 Å². The van der Waals surface area contributed by atoms with E-state index in [2.05, 4.69) is 15.6 Å². The van der Waals surface area contributed by atoms with E-state index >= 15 is 0 Å². The molecule has 4 nitrogen and oxygen atoms in total. The van der Waals surface area contributed by atoms with Crippen molar-refractivity contribution in [3.8, 4) is 0 Å². The molecule has 0 saturated carbocycles. The highest BCUT2D eigenvalue weighted by Crippen LogP contribution is 2.28. The number of nitrogens with zero attached hydrogens (tertiary/aromatic N) is 1. The zero-order chi connectivity index (χ0) is 15.2. The molecule has 0 fully saturated rings. The van der Waals surface area contributed by atoms with E-state index in [9.17, 15) is 18.0 Å². The topological polar surface area (TPSA) is 54.0 Å². The minimum Gasteiger partial charge on any atom is -0.368 e. The Hall–Kier alpha value is -1.79. The monoisotopic (exact) mass is 289 g/mol. The molecule has 1 aromatic heterocycles. The maximum Gasteiger partial charge on any atom is 0.417 e. The zero-order valence-corrected chi connectivity index (χ0v) is 11.4. The molecule has 0 saturated heterocycles. The lowest BCUT2D eigenvalue weighted by Crippen LogP contribution is -2.32. The minimum atomic E-state index is -4.38. The van der Waals surface area contributed by atoms with Gasteiger partial charge in [-0.2, -0.15) is 13.2 Å².